The summed E-state index contributed by atoms with van der Waals surface area (Å²) in [5.74, 6) is 0.773. The molecular weight excluding hydrogens is 322 g/mol. The zero-order valence-electron chi connectivity index (χ0n) is 14.6. The highest BCUT2D eigenvalue weighted by molar-refractivity contribution is 8.13. The summed E-state index contributed by atoms with van der Waals surface area (Å²) in [6, 6.07) is 8.23. The standard InChI is InChI=1S/C18H23N3O2S/c1-12-15(17(22)23-4)16(21-10-5-11-24-18(21)19-12)13-6-8-14(9-7-13)20(2)3/h6-9,16H,5,10-11H2,1-4H3. The highest BCUT2D eigenvalue weighted by Crippen LogP contribution is 2.40. The molecule has 6 heteroatoms. The number of fused-ring (bicyclic) bond motifs is 1. The number of ether oxygens (including phenoxy) is 1. The number of anilines is 1. The van der Waals surface area contributed by atoms with Gasteiger partial charge in [0, 0.05) is 32.1 Å². The van der Waals surface area contributed by atoms with E-state index >= 15 is 0 Å². The monoisotopic (exact) mass is 345 g/mol. The molecule has 0 N–H and O–H groups in total. The van der Waals surface area contributed by atoms with Crippen molar-refractivity contribution in [1.82, 2.24) is 4.90 Å². The number of thioether (sulfide) groups is 1. The van der Waals surface area contributed by atoms with Crippen molar-refractivity contribution in [2.75, 3.05) is 38.4 Å². The van der Waals surface area contributed by atoms with E-state index in [0.717, 1.165) is 40.8 Å². The molecule has 2 aliphatic rings. The summed E-state index contributed by atoms with van der Waals surface area (Å²) in [7, 11) is 5.47. The molecule has 0 saturated carbocycles. The fraction of sp³-hybridized carbons (Fsp3) is 0.444. The lowest BCUT2D eigenvalue weighted by Gasteiger charge is -2.40. The SMILES string of the molecule is COC(=O)C1=C(C)N=C2SCCCN2C1c1ccc(N(C)C)cc1. The molecule has 0 amide bonds. The number of esters is 1. The zero-order valence-corrected chi connectivity index (χ0v) is 15.4. The molecule has 1 saturated heterocycles. The second kappa shape index (κ2) is 6.89. The summed E-state index contributed by atoms with van der Waals surface area (Å²) < 4.78 is 5.05. The quantitative estimate of drug-likeness (QED) is 0.788. The summed E-state index contributed by atoms with van der Waals surface area (Å²) in [5, 5.41) is 1.01. The molecule has 2 aliphatic heterocycles. The normalized spacial score (nSPS) is 20.4. The van der Waals surface area contributed by atoms with Gasteiger partial charge in [0.25, 0.3) is 0 Å². The molecule has 0 spiro atoms. The van der Waals surface area contributed by atoms with Crippen molar-refractivity contribution in [1.29, 1.82) is 0 Å². The van der Waals surface area contributed by atoms with E-state index in [-0.39, 0.29) is 12.0 Å². The van der Waals surface area contributed by atoms with Gasteiger partial charge in [-0.25, -0.2) is 9.79 Å². The molecular formula is C18H23N3O2S. The van der Waals surface area contributed by atoms with Crippen molar-refractivity contribution in [2.24, 2.45) is 4.99 Å². The van der Waals surface area contributed by atoms with Crippen molar-refractivity contribution >= 4 is 28.6 Å². The average Bonchev–Trinajstić information content (AvgIpc) is 2.60. The Labute approximate surface area is 147 Å². The summed E-state index contributed by atoms with van der Waals surface area (Å²) in [6.45, 7) is 2.80. The highest BCUT2D eigenvalue weighted by Gasteiger charge is 2.37. The third-order valence-electron chi connectivity index (χ3n) is 4.39. The molecule has 0 aromatic heterocycles. The Morgan fingerprint density at radius 1 is 1.33 bits per heavy atom. The van der Waals surface area contributed by atoms with E-state index in [9.17, 15) is 4.79 Å². The Kier molecular flexibility index (Phi) is 4.85. The third-order valence-corrected chi connectivity index (χ3v) is 5.47. The van der Waals surface area contributed by atoms with Gasteiger partial charge in [-0.1, -0.05) is 23.9 Å². The summed E-state index contributed by atoms with van der Waals surface area (Å²) >= 11 is 1.76. The predicted octanol–water partition coefficient (Wildman–Crippen LogP) is 3.05. The summed E-state index contributed by atoms with van der Waals surface area (Å²) in [6.07, 6.45) is 1.09. The smallest absolute Gasteiger partial charge is 0.338 e. The fourth-order valence-corrected chi connectivity index (χ4v) is 4.16. The number of hydrogen-bond acceptors (Lipinski definition) is 6. The van der Waals surface area contributed by atoms with Crippen LogP contribution in [0, 0.1) is 0 Å². The number of allylic oxidation sites excluding steroid dienone is 1. The number of hydrogen-bond donors (Lipinski definition) is 0. The van der Waals surface area contributed by atoms with Crippen LogP contribution in [-0.4, -0.2) is 49.5 Å². The fourth-order valence-electron chi connectivity index (χ4n) is 3.14. The van der Waals surface area contributed by atoms with Gasteiger partial charge < -0.3 is 14.5 Å². The van der Waals surface area contributed by atoms with Gasteiger partial charge in [-0.3, -0.25) is 0 Å². The first-order valence-corrected chi connectivity index (χ1v) is 9.06. The largest absolute Gasteiger partial charge is 0.466 e. The molecule has 128 valence electrons. The van der Waals surface area contributed by atoms with Gasteiger partial charge in [0.2, 0.25) is 0 Å². The second-order valence-electron chi connectivity index (χ2n) is 6.17. The van der Waals surface area contributed by atoms with Crippen LogP contribution >= 0.6 is 11.8 Å². The van der Waals surface area contributed by atoms with Gasteiger partial charge in [0.05, 0.1) is 24.4 Å². The van der Waals surface area contributed by atoms with E-state index in [1.165, 1.54) is 7.11 Å². The van der Waals surface area contributed by atoms with E-state index in [2.05, 4.69) is 39.1 Å². The summed E-state index contributed by atoms with van der Waals surface area (Å²) in [4.78, 5) is 21.4. The molecule has 1 unspecified atom stereocenters. The lowest BCUT2D eigenvalue weighted by Crippen LogP contribution is -2.42. The number of carbonyl (C=O) groups excluding carboxylic acids is 1. The minimum absolute atomic E-state index is 0.131. The maximum atomic E-state index is 12.4. The van der Waals surface area contributed by atoms with Gasteiger partial charge in [0.1, 0.15) is 0 Å². The van der Waals surface area contributed by atoms with Crippen molar-refractivity contribution in [3.05, 3.63) is 41.1 Å². The van der Waals surface area contributed by atoms with Crippen molar-refractivity contribution in [3.8, 4) is 0 Å². The van der Waals surface area contributed by atoms with Crippen molar-refractivity contribution < 1.29 is 9.53 Å². The number of benzene rings is 1. The van der Waals surface area contributed by atoms with Gasteiger partial charge in [-0.15, -0.1) is 0 Å². The van der Waals surface area contributed by atoms with Crippen LogP contribution in [0.5, 0.6) is 0 Å². The first-order chi connectivity index (χ1) is 11.5. The van der Waals surface area contributed by atoms with Crippen LogP contribution in [-0.2, 0) is 9.53 Å². The van der Waals surface area contributed by atoms with Crippen LogP contribution in [0.25, 0.3) is 0 Å². The first-order valence-electron chi connectivity index (χ1n) is 8.07. The number of methoxy groups -OCH3 is 1. The molecule has 0 aliphatic carbocycles. The van der Waals surface area contributed by atoms with Gasteiger partial charge in [-0.2, -0.15) is 0 Å². The first kappa shape index (κ1) is 16.9. The molecule has 2 heterocycles. The molecule has 0 radical (unpaired) electrons. The molecule has 1 fully saturated rings. The van der Waals surface area contributed by atoms with E-state index < -0.39 is 0 Å². The lowest BCUT2D eigenvalue weighted by molar-refractivity contribution is -0.136. The Balaban J connectivity index is 2.06. The molecule has 0 bridgehead atoms. The van der Waals surface area contributed by atoms with Crippen LogP contribution in [0.2, 0.25) is 0 Å². The Morgan fingerprint density at radius 3 is 2.67 bits per heavy atom. The van der Waals surface area contributed by atoms with Crippen LogP contribution in [0.1, 0.15) is 24.9 Å². The topological polar surface area (TPSA) is 45.1 Å². The van der Waals surface area contributed by atoms with Crippen molar-refractivity contribution in [3.63, 3.8) is 0 Å². The maximum absolute atomic E-state index is 12.4. The predicted molar refractivity (Wildman–Crippen MR) is 99.4 cm³/mol. The molecule has 3 rings (SSSR count). The van der Waals surface area contributed by atoms with Gasteiger partial charge >= 0.3 is 5.97 Å². The van der Waals surface area contributed by atoms with E-state index in [0.29, 0.717) is 5.57 Å². The molecule has 1 atom stereocenters. The van der Waals surface area contributed by atoms with Crippen LogP contribution in [0.15, 0.2) is 40.5 Å². The second-order valence-corrected chi connectivity index (χ2v) is 7.23. The van der Waals surface area contributed by atoms with Gasteiger partial charge in [0.15, 0.2) is 5.17 Å². The minimum atomic E-state index is -0.299. The molecule has 24 heavy (non-hydrogen) atoms. The van der Waals surface area contributed by atoms with E-state index in [4.69, 9.17) is 4.74 Å². The number of amidine groups is 1. The maximum Gasteiger partial charge on any atom is 0.338 e. The zero-order chi connectivity index (χ0) is 17.3. The molecule has 1 aromatic rings. The minimum Gasteiger partial charge on any atom is -0.466 e. The number of nitrogens with zero attached hydrogens (tertiary/aromatic N) is 3. The Morgan fingerprint density at radius 2 is 2.04 bits per heavy atom. The Hall–Kier alpha value is -1.95. The van der Waals surface area contributed by atoms with E-state index in [1.807, 2.05) is 21.0 Å². The lowest BCUT2D eigenvalue weighted by atomic mass is 9.94. The summed E-state index contributed by atoms with van der Waals surface area (Å²) in [5.41, 5.74) is 3.62. The highest BCUT2D eigenvalue weighted by atomic mass is 32.2. The van der Waals surface area contributed by atoms with E-state index in [1.54, 1.807) is 11.8 Å². The third kappa shape index (κ3) is 3.02. The van der Waals surface area contributed by atoms with Crippen LogP contribution < -0.4 is 4.90 Å². The number of aliphatic imine (C=N–C) groups is 1. The average molecular weight is 345 g/mol. The van der Waals surface area contributed by atoms with Crippen molar-refractivity contribution in [2.45, 2.75) is 19.4 Å². The molecule has 5 nitrogen and oxygen atoms in total. The van der Waals surface area contributed by atoms with Gasteiger partial charge in [-0.05, 0) is 31.0 Å². The Bertz CT molecular complexity index is 695. The van der Waals surface area contributed by atoms with Crippen LogP contribution in [0.4, 0.5) is 5.69 Å². The molecule has 1 aromatic carbocycles. The number of carbonyl (C=O) groups is 1. The number of rotatable bonds is 3. The van der Waals surface area contributed by atoms with Crippen LogP contribution in [0.3, 0.4) is 0 Å².